The fourth-order valence-electron chi connectivity index (χ4n) is 1.89. The molecule has 0 radical (unpaired) electrons. The summed E-state index contributed by atoms with van der Waals surface area (Å²) in [5.74, 6) is -1.15. The van der Waals surface area contributed by atoms with Gasteiger partial charge in [-0.3, -0.25) is 4.40 Å². The van der Waals surface area contributed by atoms with Crippen LogP contribution in [0.5, 0.6) is 0 Å². The molecule has 0 spiro atoms. The maximum Gasteiger partial charge on any atom is 0.195 e. The molecule has 90 valence electrons. The zero-order valence-electron chi connectivity index (χ0n) is 9.58. The van der Waals surface area contributed by atoms with Gasteiger partial charge >= 0.3 is 0 Å². The Hall–Kier alpha value is -2.14. The minimum absolute atomic E-state index is 0.233. The molecule has 0 aliphatic heterocycles. The second-order valence-corrected chi connectivity index (χ2v) is 4.93. The van der Waals surface area contributed by atoms with Gasteiger partial charge in [0, 0.05) is 17.5 Å². The van der Waals surface area contributed by atoms with Crippen molar-refractivity contribution in [3.8, 4) is 11.3 Å². The van der Waals surface area contributed by atoms with Gasteiger partial charge in [0.25, 0.3) is 0 Å². The van der Waals surface area contributed by atoms with Crippen molar-refractivity contribution in [3.05, 3.63) is 47.1 Å². The van der Waals surface area contributed by atoms with Gasteiger partial charge in [-0.2, -0.15) is 0 Å². The monoisotopic (exact) mass is 257 g/mol. The number of benzene rings is 1. The van der Waals surface area contributed by atoms with E-state index in [0.29, 0.717) is 10.7 Å². The molecule has 0 bridgehead atoms. The lowest BCUT2D eigenvalue weighted by Gasteiger charge is -1.98. The molecule has 3 rings (SSSR count). The SMILES string of the molecule is Cc1c(C(=O)[O-])sc2nc(-c3ccccc3)cn12. The number of carbonyl (C=O) groups is 1. The van der Waals surface area contributed by atoms with Crippen LogP contribution in [0.3, 0.4) is 0 Å². The zero-order valence-corrected chi connectivity index (χ0v) is 10.4. The minimum Gasteiger partial charge on any atom is -0.544 e. The fraction of sp³-hybridized carbons (Fsp3) is 0.0769. The van der Waals surface area contributed by atoms with E-state index in [1.165, 1.54) is 0 Å². The Balaban J connectivity index is 2.17. The summed E-state index contributed by atoms with van der Waals surface area (Å²) in [6.45, 7) is 1.76. The quantitative estimate of drug-likeness (QED) is 0.702. The van der Waals surface area contributed by atoms with Crippen LogP contribution in [0.15, 0.2) is 36.5 Å². The number of carboxylic acid groups (broad SMARTS) is 1. The van der Waals surface area contributed by atoms with Crippen molar-refractivity contribution in [2.45, 2.75) is 6.92 Å². The number of imidazole rings is 1. The minimum atomic E-state index is -1.15. The molecule has 0 aliphatic carbocycles. The van der Waals surface area contributed by atoms with Gasteiger partial charge in [0.1, 0.15) is 0 Å². The molecule has 3 aromatic rings. The third kappa shape index (κ3) is 1.60. The lowest BCUT2D eigenvalue weighted by molar-refractivity contribution is -0.254. The summed E-state index contributed by atoms with van der Waals surface area (Å²) in [4.78, 5) is 16.2. The van der Waals surface area contributed by atoms with Crippen LogP contribution in [-0.4, -0.2) is 15.4 Å². The number of nitrogens with zero attached hydrogens (tertiary/aromatic N) is 2. The number of hydrogen-bond donors (Lipinski definition) is 0. The molecular weight excluding hydrogens is 248 g/mol. The van der Waals surface area contributed by atoms with Gasteiger partial charge in [-0.15, -0.1) is 0 Å². The van der Waals surface area contributed by atoms with E-state index in [4.69, 9.17) is 0 Å². The molecule has 5 heteroatoms. The van der Waals surface area contributed by atoms with E-state index in [-0.39, 0.29) is 4.88 Å². The second-order valence-electron chi connectivity index (χ2n) is 3.95. The molecule has 0 saturated heterocycles. The summed E-state index contributed by atoms with van der Waals surface area (Å²) in [5, 5.41) is 10.9. The van der Waals surface area contributed by atoms with Crippen LogP contribution in [0.2, 0.25) is 0 Å². The van der Waals surface area contributed by atoms with Crippen LogP contribution < -0.4 is 5.11 Å². The van der Waals surface area contributed by atoms with E-state index in [9.17, 15) is 9.90 Å². The van der Waals surface area contributed by atoms with E-state index in [1.54, 1.807) is 11.3 Å². The number of fused-ring (bicyclic) bond motifs is 1. The van der Waals surface area contributed by atoms with Crippen LogP contribution in [0.1, 0.15) is 15.4 Å². The van der Waals surface area contributed by atoms with E-state index >= 15 is 0 Å². The molecule has 2 heterocycles. The highest BCUT2D eigenvalue weighted by atomic mass is 32.1. The first-order valence-electron chi connectivity index (χ1n) is 5.42. The van der Waals surface area contributed by atoms with Crippen molar-refractivity contribution < 1.29 is 9.90 Å². The Bertz CT molecular complexity index is 728. The number of carboxylic acids is 1. The van der Waals surface area contributed by atoms with Gasteiger partial charge in [0.15, 0.2) is 4.96 Å². The van der Waals surface area contributed by atoms with Gasteiger partial charge in [0.05, 0.1) is 16.5 Å². The lowest BCUT2D eigenvalue weighted by Crippen LogP contribution is -2.22. The van der Waals surface area contributed by atoms with Crippen molar-refractivity contribution in [2.75, 3.05) is 0 Å². The largest absolute Gasteiger partial charge is 0.544 e. The topological polar surface area (TPSA) is 57.4 Å². The van der Waals surface area contributed by atoms with Crippen LogP contribution >= 0.6 is 11.3 Å². The summed E-state index contributed by atoms with van der Waals surface area (Å²) >= 11 is 1.14. The normalized spacial score (nSPS) is 10.9. The van der Waals surface area contributed by atoms with Crippen LogP contribution in [0.25, 0.3) is 16.2 Å². The molecule has 0 atom stereocenters. The zero-order chi connectivity index (χ0) is 12.7. The van der Waals surface area contributed by atoms with E-state index in [2.05, 4.69) is 4.98 Å². The number of thiazole rings is 1. The molecule has 18 heavy (non-hydrogen) atoms. The Morgan fingerprint density at radius 3 is 2.67 bits per heavy atom. The highest BCUT2D eigenvalue weighted by Gasteiger charge is 2.12. The maximum atomic E-state index is 10.9. The molecule has 2 aromatic heterocycles. The molecule has 0 saturated carbocycles. The average Bonchev–Trinajstić information content (AvgIpc) is 2.91. The number of aromatic carboxylic acids is 1. The van der Waals surface area contributed by atoms with Crippen molar-refractivity contribution in [1.82, 2.24) is 9.38 Å². The van der Waals surface area contributed by atoms with Gasteiger partial charge < -0.3 is 9.90 Å². The van der Waals surface area contributed by atoms with Crippen LogP contribution in [-0.2, 0) is 0 Å². The van der Waals surface area contributed by atoms with Gasteiger partial charge in [0.2, 0.25) is 0 Å². The summed E-state index contributed by atoms with van der Waals surface area (Å²) in [6.07, 6.45) is 1.85. The first-order valence-corrected chi connectivity index (χ1v) is 6.23. The summed E-state index contributed by atoms with van der Waals surface area (Å²) in [5.41, 5.74) is 2.52. The van der Waals surface area contributed by atoms with E-state index in [0.717, 1.165) is 22.6 Å². The molecular formula is C13H9N2O2S-. The van der Waals surface area contributed by atoms with Crippen molar-refractivity contribution in [2.24, 2.45) is 0 Å². The van der Waals surface area contributed by atoms with E-state index < -0.39 is 5.97 Å². The van der Waals surface area contributed by atoms with Crippen LogP contribution in [0.4, 0.5) is 0 Å². The van der Waals surface area contributed by atoms with Gasteiger partial charge in [-0.05, 0) is 6.92 Å². The summed E-state index contributed by atoms with van der Waals surface area (Å²) < 4.78 is 1.79. The lowest BCUT2D eigenvalue weighted by atomic mass is 10.2. The summed E-state index contributed by atoms with van der Waals surface area (Å²) in [7, 11) is 0. The highest BCUT2D eigenvalue weighted by Crippen LogP contribution is 2.26. The molecule has 0 aliphatic rings. The Kier molecular flexibility index (Phi) is 2.41. The smallest absolute Gasteiger partial charge is 0.195 e. The number of rotatable bonds is 2. The Morgan fingerprint density at radius 1 is 1.33 bits per heavy atom. The first-order chi connectivity index (χ1) is 8.66. The van der Waals surface area contributed by atoms with Gasteiger partial charge in [-0.25, -0.2) is 4.98 Å². The van der Waals surface area contributed by atoms with Crippen molar-refractivity contribution in [1.29, 1.82) is 0 Å². The molecule has 0 amide bonds. The predicted molar refractivity (Wildman–Crippen MR) is 67.6 cm³/mol. The Morgan fingerprint density at radius 2 is 2.06 bits per heavy atom. The predicted octanol–water partition coefficient (Wildman–Crippen LogP) is 1.73. The number of aryl methyl sites for hydroxylation is 1. The molecule has 0 N–H and O–H groups in total. The Labute approximate surface area is 107 Å². The van der Waals surface area contributed by atoms with E-state index in [1.807, 2.05) is 36.5 Å². The third-order valence-corrected chi connectivity index (χ3v) is 3.95. The molecule has 0 fully saturated rings. The number of aromatic nitrogens is 2. The fourth-order valence-corrected chi connectivity index (χ4v) is 2.83. The second kappa shape index (κ2) is 3.96. The highest BCUT2D eigenvalue weighted by molar-refractivity contribution is 7.18. The standard InChI is InChI=1S/C13H10N2O2S/c1-8-11(12(16)17)18-13-14-10(7-15(8)13)9-5-3-2-4-6-9/h2-7H,1H3,(H,16,17)/p-1. The maximum absolute atomic E-state index is 10.9. The summed E-state index contributed by atoms with van der Waals surface area (Å²) in [6, 6.07) is 9.79. The third-order valence-electron chi connectivity index (χ3n) is 2.81. The average molecular weight is 257 g/mol. The molecule has 1 aromatic carbocycles. The molecule has 0 unspecified atom stereocenters. The number of hydrogen-bond acceptors (Lipinski definition) is 4. The van der Waals surface area contributed by atoms with Gasteiger partial charge in [-0.1, -0.05) is 41.7 Å². The van der Waals surface area contributed by atoms with Crippen molar-refractivity contribution >= 4 is 22.3 Å². The number of carbonyl (C=O) groups excluding carboxylic acids is 1. The van der Waals surface area contributed by atoms with Crippen molar-refractivity contribution in [3.63, 3.8) is 0 Å². The first kappa shape index (κ1) is 11.0. The molecule has 4 nitrogen and oxygen atoms in total. The van der Waals surface area contributed by atoms with Crippen LogP contribution in [0, 0.1) is 6.92 Å².